The third kappa shape index (κ3) is 2.54. The highest BCUT2D eigenvalue weighted by atomic mass is 16.6. The number of nitro groups is 1. The van der Waals surface area contributed by atoms with Gasteiger partial charge < -0.3 is 0 Å². The Bertz CT molecular complexity index is 318. The molecule has 3 heteroatoms. The maximum Gasteiger partial charge on any atom is 0.235 e. The SMILES string of the molecule is Cc1cccc(/C=C\[N+](=O)[O-])c1. The molecule has 1 aromatic carbocycles. The van der Waals surface area contributed by atoms with E-state index >= 15 is 0 Å². The van der Waals surface area contributed by atoms with Gasteiger partial charge in [0.05, 0.1) is 4.92 Å². The molecule has 62 valence electrons. The van der Waals surface area contributed by atoms with Crippen LogP contribution in [0.3, 0.4) is 0 Å². The Labute approximate surface area is 70.5 Å². The number of hydrogen-bond acceptors (Lipinski definition) is 2. The van der Waals surface area contributed by atoms with Crippen LogP contribution in [0, 0.1) is 17.0 Å². The quantitative estimate of drug-likeness (QED) is 0.495. The smallest absolute Gasteiger partial charge is 0.235 e. The lowest BCUT2D eigenvalue weighted by atomic mass is 10.1. The van der Waals surface area contributed by atoms with Gasteiger partial charge in [-0.2, -0.15) is 0 Å². The molecule has 0 spiro atoms. The van der Waals surface area contributed by atoms with Gasteiger partial charge in [0.2, 0.25) is 6.20 Å². The van der Waals surface area contributed by atoms with Gasteiger partial charge in [-0.3, -0.25) is 10.1 Å². The largest absolute Gasteiger partial charge is 0.259 e. The molecule has 0 atom stereocenters. The van der Waals surface area contributed by atoms with Gasteiger partial charge in [0.25, 0.3) is 0 Å². The van der Waals surface area contributed by atoms with E-state index < -0.39 is 4.92 Å². The average Bonchev–Trinajstić information content (AvgIpc) is 2.01. The Hall–Kier alpha value is -1.64. The van der Waals surface area contributed by atoms with Gasteiger partial charge in [0.1, 0.15) is 0 Å². The number of hydrogen-bond donors (Lipinski definition) is 0. The van der Waals surface area contributed by atoms with Gasteiger partial charge in [-0.15, -0.1) is 0 Å². The van der Waals surface area contributed by atoms with Crippen LogP contribution in [0.4, 0.5) is 0 Å². The lowest BCUT2D eigenvalue weighted by Gasteiger charge is -1.92. The van der Waals surface area contributed by atoms with Gasteiger partial charge in [0, 0.05) is 6.08 Å². The Morgan fingerprint density at radius 2 is 2.25 bits per heavy atom. The first-order valence-corrected chi connectivity index (χ1v) is 3.57. The average molecular weight is 163 g/mol. The maximum atomic E-state index is 9.98. The third-order valence-electron chi connectivity index (χ3n) is 1.43. The van der Waals surface area contributed by atoms with Gasteiger partial charge in [-0.25, -0.2) is 0 Å². The first kappa shape index (κ1) is 8.46. The first-order valence-electron chi connectivity index (χ1n) is 3.57. The van der Waals surface area contributed by atoms with Gasteiger partial charge in [-0.05, 0) is 12.5 Å². The number of benzene rings is 1. The Kier molecular flexibility index (Phi) is 2.58. The van der Waals surface area contributed by atoms with Crippen LogP contribution < -0.4 is 0 Å². The molecule has 0 heterocycles. The second-order valence-corrected chi connectivity index (χ2v) is 2.52. The van der Waals surface area contributed by atoms with Crippen LogP contribution >= 0.6 is 0 Å². The summed E-state index contributed by atoms with van der Waals surface area (Å²) in [5.41, 5.74) is 1.95. The van der Waals surface area contributed by atoms with Crippen LogP contribution in [-0.4, -0.2) is 4.92 Å². The van der Waals surface area contributed by atoms with E-state index in [4.69, 9.17) is 0 Å². The minimum Gasteiger partial charge on any atom is -0.259 e. The zero-order valence-electron chi connectivity index (χ0n) is 6.73. The fourth-order valence-corrected chi connectivity index (χ4v) is 0.921. The summed E-state index contributed by atoms with van der Waals surface area (Å²) < 4.78 is 0. The van der Waals surface area contributed by atoms with Crippen molar-refractivity contribution in [2.45, 2.75) is 6.92 Å². The van der Waals surface area contributed by atoms with Gasteiger partial charge in [-0.1, -0.05) is 29.8 Å². The van der Waals surface area contributed by atoms with Crippen LogP contribution in [0.1, 0.15) is 11.1 Å². The van der Waals surface area contributed by atoms with Crippen molar-refractivity contribution in [3.05, 3.63) is 51.7 Å². The molecule has 0 radical (unpaired) electrons. The summed E-state index contributed by atoms with van der Waals surface area (Å²) >= 11 is 0. The van der Waals surface area contributed by atoms with Crippen LogP contribution in [-0.2, 0) is 0 Å². The van der Waals surface area contributed by atoms with E-state index in [9.17, 15) is 10.1 Å². The lowest BCUT2D eigenvalue weighted by Crippen LogP contribution is -1.82. The molecule has 1 rings (SSSR count). The Balaban J connectivity index is 2.83. The van der Waals surface area contributed by atoms with Crippen molar-refractivity contribution in [1.82, 2.24) is 0 Å². The van der Waals surface area contributed by atoms with Crippen molar-refractivity contribution >= 4 is 6.08 Å². The van der Waals surface area contributed by atoms with Crippen LogP contribution in [0.5, 0.6) is 0 Å². The summed E-state index contributed by atoms with van der Waals surface area (Å²) in [7, 11) is 0. The second-order valence-electron chi connectivity index (χ2n) is 2.52. The first-order chi connectivity index (χ1) is 5.68. The van der Waals surface area contributed by atoms with E-state index in [1.165, 1.54) is 6.08 Å². The molecule has 0 aliphatic carbocycles. The number of aryl methyl sites for hydroxylation is 1. The molecule has 0 fully saturated rings. The molecule has 0 aliphatic heterocycles. The summed E-state index contributed by atoms with van der Waals surface area (Å²) in [6.45, 7) is 1.95. The van der Waals surface area contributed by atoms with E-state index in [-0.39, 0.29) is 0 Å². The molecule has 0 bridgehead atoms. The molecule has 0 amide bonds. The monoisotopic (exact) mass is 163 g/mol. The van der Waals surface area contributed by atoms with Crippen LogP contribution in [0.25, 0.3) is 6.08 Å². The summed E-state index contributed by atoms with van der Waals surface area (Å²) in [5, 5.41) is 9.98. The highest BCUT2D eigenvalue weighted by Crippen LogP contribution is 2.05. The van der Waals surface area contributed by atoms with Gasteiger partial charge >= 0.3 is 0 Å². The maximum absolute atomic E-state index is 9.98. The van der Waals surface area contributed by atoms with Gasteiger partial charge in [0.15, 0.2) is 0 Å². The predicted octanol–water partition coefficient (Wildman–Crippen LogP) is 2.24. The van der Waals surface area contributed by atoms with E-state index in [1.807, 2.05) is 31.2 Å². The molecule has 0 unspecified atom stereocenters. The molecule has 0 aliphatic rings. The molecule has 12 heavy (non-hydrogen) atoms. The highest BCUT2D eigenvalue weighted by molar-refractivity contribution is 5.48. The molecule has 0 saturated heterocycles. The fourth-order valence-electron chi connectivity index (χ4n) is 0.921. The summed E-state index contributed by atoms with van der Waals surface area (Å²) in [6, 6.07) is 7.53. The summed E-state index contributed by atoms with van der Waals surface area (Å²) in [5.74, 6) is 0. The molecule has 0 saturated carbocycles. The standard InChI is InChI=1S/C9H9NO2/c1-8-3-2-4-9(7-8)5-6-10(11)12/h2-7H,1H3/b6-5-. The number of rotatable bonds is 2. The Morgan fingerprint density at radius 1 is 1.50 bits per heavy atom. The van der Waals surface area contributed by atoms with Crippen LogP contribution in [0.15, 0.2) is 30.5 Å². The van der Waals surface area contributed by atoms with E-state index in [0.717, 1.165) is 17.3 Å². The van der Waals surface area contributed by atoms with E-state index in [0.29, 0.717) is 0 Å². The predicted molar refractivity (Wildman–Crippen MR) is 47.2 cm³/mol. The molecule has 3 nitrogen and oxygen atoms in total. The van der Waals surface area contributed by atoms with Crippen molar-refractivity contribution in [1.29, 1.82) is 0 Å². The topological polar surface area (TPSA) is 43.1 Å². The van der Waals surface area contributed by atoms with Crippen molar-refractivity contribution in [3.8, 4) is 0 Å². The fraction of sp³-hybridized carbons (Fsp3) is 0.111. The Morgan fingerprint density at radius 3 is 2.83 bits per heavy atom. The normalized spacial score (nSPS) is 10.4. The van der Waals surface area contributed by atoms with Crippen molar-refractivity contribution in [2.75, 3.05) is 0 Å². The molecule has 1 aromatic rings. The molecular weight excluding hydrogens is 154 g/mol. The third-order valence-corrected chi connectivity index (χ3v) is 1.43. The number of nitrogens with zero attached hydrogens (tertiary/aromatic N) is 1. The second kappa shape index (κ2) is 3.67. The minimum absolute atomic E-state index is 0.470. The van der Waals surface area contributed by atoms with Crippen LogP contribution in [0.2, 0.25) is 0 Å². The van der Waals surface area contributed by atoms with E-state index in [1.54, 1.807) is 0 Å². The van der Waals surface area contributed by atoms with Crippen molar-refractivity contribution < 1.29 is 4.92 Å². The summed E-state index contributed by atoms with van der Waals surface area (Å²) in [4.78, 5) is 9.51. The minimum atomic E-state index is -0.470. The summed E-state index contributed by atoms with van der Waals surface area (Å²) in [6.07, 6.45) is 2.42. The molecular formula is C9H9NO2. The molecule has 0 N–H and O–H groups in total. The zero-order valence-corrected chi connectivity index (χ0v) is 6.73. The molecule has 0 aromatic heterocycles. The zero-order chi connectivity index (χ0) is 8.97. The highest BCUT2D eigenvalue weighted by Gasteiger charge is 1.89. The van der Waals surface area contributed by atoms with Crippen molar-refractivity contribution in [3.63, 3.8) is 0 Å². The lowest BCUT2D eigenvalue weighted by molar-refractivity contribution is -0.400. The van der Waals surface area contributed by atoms with Crippen molar-refractivity contribution in [2.24, 2.45) is 0 Å². The van der Waals surface area contributed by atoms with E-state index in [2.05, 4.69) is 0 Å².